The number of para-hydroxylation sites is 1. The van der Waals surface area contributed by atoms with Gasteiger partial charge in [0, 0.05) is 6.07 Å². The van der Waals surface area contributed by atoms with Crippen molar-refractivity contribution in [2.75, 3.05) is 11.8 Å². The maximum atomic E-state index is 12.8. The summed E-state index contributed by atoms with van der Waals surface area (Å²) in [5.74, 6) is 0.0793. The summed E-state index contributed by atoms with van der Waals surface area (Å²) in [7, 11) is -6.77. The molecule has 0 aliphatic rings. The van der Waals surface area contributed by atoms with Crippen LogP contribution in [0.5, 0.6) is 5.75 Å². The lowest BCUT2D eigenvalue weighted by Gasteiger charge is -2.17. The van der Waals surface area contributed by atoms with Crippen molar-refractivity contribution in [1.29, 1.82) is 0 Å². The number of anilines is 1. The van der Waals surface area contributed by atoms with Gasteiger partial charge in [-0.15, -0.1) is 0 Å². The van der Waals surface area contributed by atoms with Crippen LogP contribution < -0.4 is 9.46 Å². The van der Waals surface area contributed by atoms with E-state index in [2.05, 4.69) is 4.72 Å². The van der Waals surface area contributed by atoms with Crippen molar-refractivity contribution in [3.63, 3.8) is 0 Å². The number of nitrogens with zero attached hydrogens (tertiary/aromatic N) is 1. The normalized spacial score (nSPS) is 12.0. The number of rotatable bonds is 9. The van der Waals surface area contributed by atoms with Gasteiger partial charge in [-0.05, 0) is 37.1 Å². The zero-order chi connectivity index (χ0) is 21.8. The molecule has 29 heavy (non-hydrogen) atoms. The second kappa shape index (κ2) is 8.78. The standard InChI is InChI=1S/C18H22N2O7S2/c1-4-13(5-2)28(23,24)14-10-11-17(27-3)15(12-14)19-29(25,26)18-9-7-6-8-16(18)20(21)22/h6-13,19H,4-5H2,1-3H3. The third-order valence-corrected chi connectivity index (χ3v) is 8.31. The number of sulfone groups is 1. The van der Waals surface area contributed by atoms with E-state index in [0.717, 1.165) is 12.1 Å². The van der Waals surface area contributed by atoms with Crippen LogP contribution in [-0.4, -0.2) is 34.1 Å². The Labute approximate surface area is 169 Å². The molecule has 0 aliphatic heterocycles. The van der Waals surface area contributed by atoms with Crippen LogP contribution in [0.15, 0.2) is 52.3 Å². The molecule has 158 valence electrons. The van der Waals surface area contributed by atoms with Gasteiger partial charge in [0.15, 0.2) is 14.7 Å². The number of hydrogen-bond acceptors (Lipinski definition) is 7. The first-order chi connectivity index (χ1) is 13.6. The van der Waals surface area contributed by atoms with Crippen LogP contribution in [0, 0.1) is 10.1 Å². The molecule has 9 nitrogen and oxygen atoms in total. The number of methoxy groups -OCH3 is 1. The Balaban J connectivity index is 2.57. The van der Waals surface area contributed by atoms with Gasteiger partial charge < -0.3 is 4.74 Å². The van der Waals surface area contributed by atoms with Crippen LogP contribution in [-0.2, 0) is 19.9 Å². The Morgan fingerprint density at radius 2 is 1.69 bits per heavy atom. The molecule has 0 saturated carbocycles. The molecule has 0 unspecified atom stereocenters. The van der Waals surface area contributed by atoms with Gasteiger partial charge in [-0.25, -0.2) is 16.8 Å². The van der Waals surface area contributed by atoms with Gasteiger partial charge in [0.1, 0.15) is 5.75 Å². The molecule has 0 amide bonds. The molecule has 0 radical (unpaired) electrons. The first-order valence-electron chi connectivity index (χ1n) is 8.76. The van der Waals surface area contributed by atoms with Crippen molar-refractivity contribution < 1.29 is 26.5 Å². The van der Waals surface area contributed by atoms with E-state index in [4.69, 9.17) is 4.74 Å². The highest BCUT2D eigenvalue weighted by molar-refractivity contribution is 7.93. The maximum Gasteiger partial charge on any atom is 0.289 e. The SMILES string of the molecule is CCC(CC)S(=O)(=O)c1ccc(OC)c(NS(=O)(=O)c2ccccc2[N+](=O)[O-])c1. The molecule has 0 heterocycles. The summed E-state index contributed by atoms with van der Waals surface area (Å²) < 4.78 is 58.5. The van der Waals surface area contributed by atoms with Crippen LogP contribution in [0.3, 0.4) is 0 Å². The number of hydrogen-bond donors (Lipinski definition) is 1. The van der Waals surface area contributed by atoms with E-state index in [-0.39, 0.29) is 16.3 Å². The van der Waals surface area contributed by atoms with E-state index < -0.39 is 40.6 Å². The van der Waals surface area contributed by atoms with Gasteiger partial charge in [-0.3, -0.25) is 14.8 Å². The fourth-order valence-electron chi connectivity index (χ4n) is 2.90. The van der Waals surface area contributed by atoms with Gasteiger partial charge >= 0.3 is 0 Å². The highest BCUT2D eigenvalue weighted by atomic mass is 32.2. The molecule has 0 fully saturated rings. The van der Waals surface area contributed by atoms with Crippen molar-refractivity contribution in [2.45, 2.75) is 41.7 Å². The number of nitro groups is 1. The summed E-state index contributed by atoms with van der Waals surface area (Å²) in [6, 6.07) is 8.71. The summed E-state index contributed by atoms with van der Waals surface area (Å²) in [4.78, 5) is 9.77. The second-order valence-corrected chi connectivity index (χ2v) is 10.1. The minimum Gasteiger partial charge on any atom is -0.495 e. The Bertz CT molecular complexity index is 1110. The van der Waals surface area contributed by atoms with Crippen LogP contribution in [0.4, 0.5) is 11.4 Å². The van der Waals surface area contributed by atoms with Crippen LogP contribution >= 0.6 is 0 Å². The van der Waals surface area contributed by atoms with Crippen LogP contribution in [0.25, 0.3) is 0 Å². The molecular formula is C18H22N2O7S2. The Morgan fingerprint density at radius 3 is 2.24 bits per heavy atom. The van der Waals surface area contributed by atoms with Crippen LogP contribution in [0.2, 0.25) is 0 Å². The molecule has 0 aliphatic carbocycles. The van der Waals surface area contributed by atoms with Crippen molar-refractivity contribution >= 4 is 31.2 Å². The minimum atomic E-state index is -4.38. The van der Waals surface area contributed by atoms with Gasteiger partial charge in [0.25, 0.3) is 15.7 Å². The van der Waals surface area contributed by atoms with E-state index in [1.807, 2.05) is 0 Å². The summed E-state index contributed by atoms with van der Waals surface area (Å²) in [5, 5.41) is 10.6. The molecule has 2 rings (SSSR count). The van der Waals surface area contributed by atoms with Crippen molar-refractivity contribution in [1.82, 2.24) is 0 Å². The van der Waals surface area contributed by atoms with Gasteiger partial charge in [-0.2, -0.15) is 0 Å². The summed E-state index contributed by atoms with van der Waals surface area (Å²) >= 11 is 0. The average Bonchev–Trinajstić information content (AvgIpc) is 2.68. The molecule has 0 aromatic heterocycles. The minimum absolute atomic E-state index is 0.0627. The Hall–Kier alpha value is -2.66. The number of nitro benzene ring substituents is 1. The lowest BCUT2D eigenvalue weighted by Crippen LogP contribution is -2.20. The molecule has 2 aromatic rings. The Morgan fingerprint density at radius 1 is 1.07 bits per heavy atom. The monoisotopic (exact) mass is 442 g/mol. The van der Waals surface area contributed by atoms with Gasteiger partial charge in [0.05, 0.1) is 27.9 Å². The van der Waals surface area contributed by atoms with E-state index >= 15 is 0 Å². The highest BCUT2D eigenvalue weighted by Crippen LogP contribution is 2.33. The molecule has 2 aromatic carbocycles. The average molecular weight is 443 g/mol. The smallest absolute Gasteiger partial charge is 0.289 e. The fourth-order valence-corrected chi connectivity index (χ4v) is 5.94. The maximum absolute atomic E-state index is 12.8. The number of ether oxygens (including phenoxy) is 1. The lowest BCUT2D eigenvalue weighted by molar-refractivity contribution is -0.387. The fraction of sp³-hybridized carbons (Fsp3) is 0.333. The first-order valence-corrected chi connectivity index (χ1v) is 11.8. The molecule has 0 saturated heterocycles. The van der Waals surface area contributed by atoms with Crippen molar-refractivity contribution in [2.24, 2.45) is 0 Å². The molecule has 0 bridgehead atoms. The summed E-state index contributed by atoms with van der Waals surface area (Å²) in [6.45, 7) is 3.51. The third-order valence-electron chi connectivity index (χ3n) is 4.44. The topological polar surface area (TPSA) is 133 Å². The molecule has 0 atom stereocenters. The van der Waals surface area contributed by atoms with Gasteiger partial charge in [-0.1, -0.05) is 26.0 Å². The number of benzene rings is 2. The second-order valence-electron chi connectivity index (χ2n) is 6.18. The highest BCUT2D eigenvalue weighted by Gasteiger charge is 2.29. The predicted molar refractivity (Wildman–Crippen MR) is 108 cm³/mol. The lowest BCUT2D eigenvalue weighted by atomic mass is 10.3. The molecule has 11 heteroatoms. The van der Waals surface area contributed by atoms with Gasteiger partial charge in [0.2, 0.25) is 0 Å². The van der Waals surface area contributed by atoms with Crippen molar-refractivity contribution in [3.8, 4) is 5.75 Å². The number of sulfonamides is 1. The largest absolute Gasteiger partial charge is 0.495 e. The van der Waals surface area contributed by atoms with Crippen LogP contribution in [0.1, 0.15) is 26.7 Å². The number of nitrogens with one attached hydrogen (secondary N) is 1. The van der Waals surface area contributed by atoms with E-state index in [1.165, 1.54) is 37.4 Å². The molecule has 0 spiro atoms. The molecular weight excluding hydrogens is 420 g/mol. The summed E-state index contributed by atoms with van der Waals surface area (Å²) in [6.07, 6.45) is 0.810. The summed E-state index contributed by atoms with van der Waals surface area (Å²) in [5.41, 5.74) is -0.725. The first kappa shape index (κ1) is 22.6. The van der Waals surface area contributed by atoms with E-state index in [9.17, 15) is 26.9 Å². The quantitative estimate of drug-likeness (QED) is 0.465. The van der Waals surface area contributed by atoms with E-state index in [1.54, 1.807) is 13.8 Å². The molecule has 1 N–H and O–H groups in total. The van der Waals surface area contributed by atoms with E-state index in [0.29, 0.717) is 12.8 Å². The third kappa shape index (κ3) is 4.67. The zero-order valence-electron chi connectivity index (χ0n) is 16.2. The Kier molecular flexibility index (Phi) is 6.85. The van der Waals surface area contributed by atoms with Crippen molar-refractivity contribution in [3.05, 3.63) is 52.6 Å². The zero-order valence-corrected chi connectivity index (χ0v) is 17.8. The predicted octanol–water partition coefficient (Wildman–Crippen LogP) is 3.37.